The van der Waals surface area contributed by atoms with Crippen LogP contribution in [0.25, 0.3) is 11.4 Å². The van der Waals surface area contributed by atoms with E-state index in [1.807, 2.05) is 12.1 Å². The average Bonchev–Trinajstić information content (AvgIpc) is 3.34. The molecule has 0 spiro atoms. The Labute approximate surface area is 209 Å². The second-order valence-electron chi connectivity index (χ2n) is 8.26. The van der Waals surface area contributed by atoms with Gasteiger partial charge in [-0.25, -0.2) is 8.42 Å². The topological polar surface area (TPSA) is 124 Å². The van der Waals surface area contributed by atoms with Crippen LogP contribution in [0, 0.1) is 0 Å². The zero-order valence-corrected chi connectivity index (χ0v) is 21.2. The van der Waals surface area contributed by atoms with Crippen LogP contribution in [-0.2, 0) is 21.4 Å². The van der Waals surface area contributed by atoms with Crippen molar-refractivity contribution in [2.75, 3.05) is 44.5 Å². The van der Waals surface area contributed by atoms with Crippen LogP contribution in [0.15, 0.2) is 47.0 Å². The van der Waals surface area contributed by atoms with Crippen molar-refractivity contribution >= 4 is 21.6 Å². The summed E-state index contributed by atoms with van der Waals surface area (Å²) in [5.74, 6) is 2.33. The normalized spacial score (nSPS) is 12.8. The van der Waals surface area contributed by atoms with Crippen LogP contribution >= 0.6 is 0 Å². The third kappa shape index (κ3) is 6.06. The van der Waals surface area contributed by atoms with E-state index < -0.39 is 10.0 Å². The van der Waals surface area contributed by atoms with E-state index in [1.165, 1.54) is 9.21 Å². The number of amides is 1. The molecule has 0 atom stereocenters. The Balaban J connectivity index is 1.33. The Hall–Kier alpha value is -3.80. The van der Waals surface area contributed by atoms with Gasteiger partial charge in [0.05, 0.1) is 25.6 Å². The number of aromatic nitrogens is 2. The number of nitrogens with zero attached hydrogens (tertiary/aromatic N) is 4. The molecule has 0 saturated carbocycles. The number of methoxy groups -OCH3 is 1. The molecule has 0 unspecified atom stereocenters. The van der Waals surface area contributed by atoms with E-state index in [1.54, 1.807) is 44.5 Å². The first-order chi connectivity index (χ1) is 17.2. The molecule has 0 bridgehead atoms. The van der Waals surface area contributed by atoms with Crippen molar-refractivity contribution in [1.82, 2.24) is 15.0 Å². The van der Waals surface area contributed by atoms with Crippen LogP contribution in [0.2, 0.25) is 0 Å². The monoisotopic (exact) mass is 516 g/mol. The molecule has 2 aromatic carbocycles. The maximum Gasteiger partial charge on any atom is 0.246 e. The van der Waals surface area contributed by atoms with E-state index >= 15 is 0 Å². The van der Waals surface area contributed by atoms with Crippen molar-refractivity contribution in [2.24, 2.45) is 0 Å². The van der Waals surface area contributed by atoms with Gasteiger partial charge in [0.2, 0.25) is 27.6 Å². The molecule has 1 aromatic heterocycles. The molecule has 1 amide bonds. The SMILES string of the molecule is COc1ccc(-c2noc(CN(C)C(=O)CCCN(c3ccc4c(c3)OCCO4)S(C)(=O)=O)n2)cc1. The molecule has 0 fully saturated rings. The Kier molecular flexibility index (Phi) is 7.63. The first-order valence-electron chi connectivity index (χ1n) is 11.3. The molecule has 1 aliphatic heterocycles. The number of hydrogen-bond donors (Lipinski definition) is 0. The van der Waals surface area contributed by atoms with Gasteiger partial charge in [-0.15, -0.1) is 0 Å². The van der Waals surface area contributed by atoms with E-state index in [2.05, 4.69) is 10.1 Å². The summed E-state index contributed by atoms with van der Waals surface area (Å²) < 4.78 is 47.6. The van der Waals surface area contributed by atoms with E-state index in [4.69, 9.17) is 18.7 Å². The molecule has 0 N–H and O–H groups in total. The zero-order chi connectivity index (χ0) is 25.7. The number of sulfonamides is 1. The second-order valence-corrected chi connectivity index (χ2v) is 10.2. The van der Waals surface area contributed by atoms with Gasteiger partial charge in [0, 0.05) is 31.6 Å². The van der Waals surface area contributed by atoms with Crippen LogP contribution in [0.4, 0.5) is 5.69 Å². The van der Waals surface area contributed by atoms with Gasteiger partial charge >= 0.3 is 0 Å². The summed E-state index contributed by atoms with van der Waals surface area (Å²) in [6.07, 6.45) is 1.60. The van der Waals surface area contributed by atoms with Gasteiger partial charge in [-0.3, -0.25) is 9.10 Å². The summed E-state index contributed by atoms with van der Waals surface area (Å²) in [5.41, 5.74) is 1.22. The van der Waals surface area contributed by atoms with E-state index in [-0.39, 0.29) is 25.4 Å². The number of rotatable bonds is 10. The minimum absolute atomic E-state index is 0.139. The van der Waals surface area contributed by atoms with Gasteiger partial charge in [-0.1, -0.05) is 5.16 Å². The first kappa shape index (κ1) is 25.3. The highest BCUT2D eigenvalue weighted by Gasteiger charge is 2.22. The molecular weight excluding hydrogens is 488 g/mol. The Morgan fingerprint density at radius 2 is 1.81 bits per heavy atom. The molecule has 11 nitrogen and oxygen atoms in total. The quantitative estimate of drug-likeness (QED) is 0.400. The molecule has 1 aliphatic rings. The maximum absolute atomic E-state index is 12.7. The summed E-state index contributed by atoms with van der Waals surface area (Å²) in [6.45, 7) is 1.13. The van der Waals surface area contributed by atoms with Crippen LogP contribution < -0.4 is 18.5 Å². The lowest BCUT2D eigenvalue weighted by Crippen LogP contribution is -2.32. The number of carbonyl (C=O) groups excluding carboxylic acids is 1. The van der Waals surface area contributed by atoms with Crippen LogP contribution in [0.1, 0.15) is 18.7 Å². The highest BCUT2D eigenvalue weighted by molar-refractivity contribution is 7.92. The van der Waals surface area contributed by atoms with Gasteiger partial charge < -0.3 is 23.6 Å². The molecule has 0 radical (unpaired) electrons. The number of ether oxygens (including phenoxy) is 3. The lowest BCUT2D eigenvalue weighted by atomic mass is 10.2. The molecule has 0 aliphatic carbocycles. The van der Waals surface area contributed by atoms with Gasteiger partial charge in [-0.2, -0.15) is 4.98 Å². The fourth-order valence-corrected chi connectivity index (χ4v) is 4.66. The fourth-order valence-electron chi connectivity index (χ4n) is 3.71. The first-order valence-corrected chi connectivity index (χ1v) is 13.2. The summed E-state index contributed by atoms with van der Waals surface area (Å²) in [4.78, 5) is 18.5. The lowest BCUT2D eigenvalue weighted by Gasteiger charge is -2.25. The van der Waals surface area contributed by atoms with E-state index in [0.717, 1.165) is 17.6 Å². The summed E-state index contributed by atoms with van der Waals surface area (Å²) >= 11 is 0. The van der Waals surface area contributed by atoms with Crippen molar-refractivity contribution < 1.29 is 31.9 Å². The molecule has 192 valence electrons. The third-order valence-electron chi connectivity index (χ3n) is 5.58. The standard InChI is InChI=1S/C24H28N4O7S/c1-27(16-22-25-24(26-35-22)17-6-9-19(32-2)10-7-17)23(29)5-4-12-28(36(3,30)31)18-8-11-20-21(15-18)34-14-13-33-20/h6-11,15H,4-5,12-14,16H2,1-3H3. The predicted octanol–water partition coefficient (Wildman–Crippen LogP) is 2.72. The second kappa shape index (κ2) is 10.9. The molecule has 4 rings (SSSR count). The smallest absolute Gasteiger partial charge is 0.246 e. The van der Waals surface area contributed by atoms with Gasteiger partial charge in [0.1, 0.15) is 19.0 Å². The molecule has 12 heteroatoms. The Morgan fingerprint density at radius 3 is 2.50 bits per heavy atom. The molecule has 3 aromatic rings. The molecule has 2 heterocycles. The van der Waals surface area contributed by atoms with Gasteiger partial charge in [0.25, 0.3) is 0 Å². The molecule has 36 heavy (non-hydrogen) atoms. The molecule has 0 saturated heterocycles. The number of anilines is 1. The van der Waals surface area contributed by atoms with Crippen molar-refractivity contribution in [3.05, 3.63) is 48.4 Å². The maximum atomic E-state index is 12.7. The average molecular weight is 517 g/mol. The minimum Gasteiger partial charge on any atom is -0.497 e. The van der Waals surface area contributed by atoms with Crippen LogP contribution in [0.3, 0.4) is 0 Å². The number of carbonyl (C=O) groups is 1. The largest absolute Gasteiger partial charge is 0.497 e. The van der Waals surface area contributed by atoms with Crippen molar-refractivity contribution in [3.8, 4) is 28.6 Å². The van der Waals surface area contributed by atoms with E-state index in [9.17, 15) is 13.2 Å². The van der Waals surface area contributed by atoms with Gasteiger partial charge in [-0.05, 0) is 42.8 Å². The number of fused-ring (bicyclic) bond motifs is 1. The zero-order valence-electron chi connectivity index (χ0n) is 20.3. The summed E-state index contributed by atoms with van der Waals surface area (Å²) in [7, 11) is -0.346. The summed E-state index contributed by atoms with van der Waals surface area (Å²) in [6, 6.07) is 12.2. The van der Waals surface area contributed by atoms with Crippen molar-refractivity contribution in [3.63, 3.8) is 0 Å². The fraction of sp³-hybridized carbons (Fsp3) is 0.375. The summed E-state index contributed by atoms with van der Waals surface area (Å²) in [5, 5.41) is 3.97. The van der Waals surface area contributed by atoms with E-state index in [0.29, 0.717) is 48.5 Å². The van der Waals surface area contributed by atoms with Gasteiger partial charge in [0.15, 0.2) is 11.5 Å². The Morgan fingerprint density at radius 1 is 1.08 bits per heavy atom. The third-order valence-corrected chi connectivity index (χ3v) is 6.77. The van der Waals surface area contributed by atoms with Crippen LogP contribution in [0.5, 0.6) is 17.2 Å². The van der Waals surface area contributed by atoms with Crippen molar-refractivity contribution in [1.29, 1.82) is 0 Å². The highest BCUT2D eigenvalue weighted by atomic mass is 32.2. The number of benzene rings is 2. The minimum atomic E-state index is -3.57. The highest BCUT2D eigenvalue weighted by Crippen LogP contribution is 2.34. The molecular formula is C24H28N4O7S. The Bertz CT molecular complexity index is 1310. The predicted molar refractivity (Wildman–Crippen MR) is 132 cm³/mol. The lowest BCUT2D eigenvalue weighted by molar-refractivity contribution is -0.130. The van der Waals surface area contributed by atoms with Crippen LogP contribution in [-0.4, -0.2) is 69.5 Å². The van der Waals surface area contributed by atoms with Crippen molar-refractivity contribution in [2.45, 2.75) is 19.4 Å². The number of hydrogen-bond acceptors (Lipinski definition) is 9.